The highest BCUT2D eigenvalue weighted by molar-refractivity contribution is 6.04. The quantitative estimate of drug-likeness (QED) is 0.387. The fraction of sp³-hybridized carbons (Fsp3) is 0.167. The van der Waals surface area contributed by atoms with Gasteiger partial charge < -0.3 is 15.4 Å². The molecule has 0 radical (unpaired) electrons. The standard InChI is InChI=1S/C24H20F3N5O3/c1-35-11-10-29-23(34)19-14-30-32-20(8-9-28-21(19)32)15-4-3-7-18(13-15)31-22(33)16-5-2-6-17(12-16)24(25,26)27/h2-9,12-14H,10-11H2,1H3,(H,29,34)(H,31,33). The highest BCUT2D eigenvalue weighted by Gasteiger charge is 2.30. The second-order valence-corrected chi connectivity index (χ2v) is 7.49. The predicted octanol–water partition coefficient (Wildman–Crippen LogP) is 4.04. The number of anilines is 1. The lowest BCUT2D eigenvalue weighted by atomic mass is 10.1. The van der Waals surface area contributed by atoms with E-state index in [1.165, 1.54) is 36.2 Å². The number of amides is 2. The van der Waals surface area contributed by atoms with E-state index in [-0.39, 0.29) is 17.0 Å². The SMILES string of the molecule is COCCNC(=O)c1cnn2c(-c3cccc(NC(=O)c4cccc(C(F)(F)F)c4)c3)ccnc12. The Bertz CT molecular complexity index is 1380. The zero-order valence-electron chi connectivity index (χ0n) is 18.5. The molecule has 0 aliphatic carbocycles. The molecule has 35 heavy (non-hydrogen) atoms. The van der Waals surface area contributed by atoms with E-state index in [4.69, 9.17) is 4.74 Å². The lowest BCUT2D eigenvalue weighted by molar-refractivity contribution is -0.137. The predicted molar refractivity (Wildman–Crippen MR) is 122 cm³/mol. The van der Waals surface area contributed by atoms with Crippen molar-refractivity contribution in [3.63, 3.8) is 0 Å². The highest BCUT2D eigenvalue weighted by atomic mass is 19.4. The Morgan fingerprint density at radius 3 is 2.63 bits per heavy atom. The minimum atomic E-state index is -4.55. The van der Waals surface area contributed by atoms with Gasteiger partial charge in [0.15, 0.2) is 5.65 Å². The first-order chi connectivity index (χ1) is 16.8. The van der Waals surface area contributed by atoms with E-state index >= 15 is 0 Å². The van der Waals surface area contributed by atoms with Crippen LogP contribution < -0.4 is 10.6 Å². The minimum absolute atomic E-state index is 0.118. The van der Waals surface area contributed by atoms with Crippen LogP contribution in [0.25, 0.3) is 16.9 Å². The van der Waals surface area contributed by atoms with Crippen molar-refractivity contribution in [1.82, 2.24) is 19.9 Å². The molecule has 0 saturated carbocycles. The van der Waals surface area contributed by atoms with Crippen molar-refractivity contribution >= 4 is 23.1 Å². The van der Waals surface area contributed by atoms with Crippen molar-refractivity contribution in [3.8, 4) is 11.3 Å². The Morgan fingerprint density at radius 1 is 1.06 bits per heavy atom. The van der Waals surface area contributed by atoms with Gasteiger partial charge >= 0.3 is 6.18 Å². The maximum absolute atomic E-state index is 13.0. The molecule has 0 fully saturated rings. The van der Waals surface area contributed by atoms with Crippen LogP contribution in [0.15, 0.2) is 67.0 Å². The van der Waals surface area contributed by atoms with E-state index in [1.54, 1.807) is 30.3 Å². The first-order valence-electron chi connectivity index (χ1n) is 10.5. The van der Waals surface area contributed by atoms with Crippen molar-refractivity contribution in [3.05, 3.63) is 83.7 Å². The molecule has 2 aromatic heterocycles. The van der Waals surface area contributed by atoms with Crippen LogP contribution >= 0.6 is 0 Å². The van der Waals surface area contributed by atoms with Crippen LogP contribution in [-0.4, -0.2) is 46.7 Å². The first kappa shape index (κ1) is 23.9. The maximum atomic E-state index is 13.0. The fourth-order valence-electron chi connectivity index (χ4n) is 3.43. The van der Waals surface area contributed by atoms with Crippen molar-refractivity contribution in [2.75, 3.05) is 25.6 Å². The Balaban J connectivity index is 1.59. The van der Waals surface area contributed by atoms with Crippen molar-refractivity contribution in [2.24, 2.45) is 0 Å². The molecule has 4 aromatic rings. The molecule has 2 amide bonds. The van der Waals surface area contributed by atoms with Gasteiger partial charge in [0, 0.05) is 36.7 Å². The lowest BCUT2D eigenvalue weighted by Gasteiger charge is -2.11. The molecule has 0 bridgehead atoms. The second kappa shape index (κ2) is 9.94. The molecule has 4 rings (SSSR count). The van der Waals surface area contributed by atoms with Gasteiger partial charge in [0.1, 0.15) is 5.56 Å². The number of hydrogen-bond donors (Lipinski definition) is 2. The molecular weight excluding hydrogens is 463 g/mol. The second-order valence-electron chi connectivity index (χ2n) is 7.49. The van der Waals surface area contributed by atoms with Gasteiger partial charge in [0.2, 0.25) is 0 Å². The molecule has 0 saturated heterocycles. The Labute approximate surface area is 197 Å². The van der Waals surface area contributed by atoms with Crippen LogP contribution in [0.1, 0.15) is 26.3 Å². The third-order valence-corrected chi connectivity index (χ3v) is 5.11. The number of carbonyl (C=O) groups is 2. The number of methoxy groups -OCH3 is 1. The molecule has 0 aliphatic rings. The van der Waals surface area contributed by atoms with Gasteiger partial charge in [0.25, 0.3) is 11.8 Å². The number of carbonyl (C=O) groups excluding carboxylic acids is 2. The summed E-state index contributed by atoms with van der Waals surface area (Å²) in [6.45, 7) is 0.697. The third kappa shape index (κ3) is 5.30. The van der Waals surface area contributed by atoms with Crippen molar-refractivity contribution < 1.29 is 27.5 Å². The smallest absolute Gasteiger partial charge is 0.383 e. The van der Waals surface area contributed by atoms with Gasteiger partial charge in [-0.2, -0.15) is 18.3 Å². The summed E-state index contributed by atoms with van der Waals surface area (Å²) < 4.78 is 45.4. The van der Waals surface area contributed by atoms with Crippen LogP contribution in [0.3, 0.4) is 0 Å². The number of rotatable bonds is 7. The van der Waals surface area contributed by atoms with Gasteiger partial charge in [-0.1, -0.05) is 18.2 Å². The summed E-state index contributed by atoms with van der Waals surface area (Å²) in [5, 5.41) is 9.62. The molecule has 0 spiro atoms. The molecular formula is C24H20F3N5O3. The van der Waals surface area contributed by atoms with E-state index < -0.39 is 17.6 Å². The number of aromatic nitrogens is 3. The van der Waals surface area contributed by atoms with Gasteiger partial charge in [0.05, 0.1) is 24.1 Å². The van der Waals surface area contributed by atoms with E-state index in [0.717, 1.165) is 12.1 Å². The largest absolute Gasteiger partial charge is 0.416 e. The molecule has 8 nitrogen and oxygen atoms in total. The number of hydrogen-bond acceptors (Lipinski definition) is 5. The van der Waals surface area contributed by atoms with E-state index in [1.807, 2.05) is 0 Å². The molecule has 2 aromatic carbocycles. The molecule has 0 unspecified atom stereocenters. The normalized spacial score (nSPS) is 11.4. The monoisotopic (exact) mass is 483 g/mol. The summed E-state index contributed by atoms with van der Waals surface area (Å²) in [4.78, 5) is 29.3. The maximum Gasteiger partial charge on any atom is 0.416 e. The third-order valence-electron chi connectivity index (χ3n) is 5.11. The summed E-state index contributed by atoms with van der Waals surface area (Å²) in [5.74, 6) is -1.02. The fourth-order valence-corrected chi connectivity index (χ4v) is 3.43. The lowest BCUT2D eigenvalue weighted by Crippen LogP contribution is -2.26. The Hall–Kier alpha value is -4.25. The molecule has 0 aliphatic heterocycles. The minimum Gasteiger partial charge on any atom is -0.383 e. The number of ether oxygens (including phenoxy) is 1. The van der Waals surface area contributed by atoms with Crippen molar-refractivity contribution in [2.45, 2.75) is 6.18 Å². The van der Waals surface area contributed by atoms with Crippen LogP contribution in [0.4, 0.5) is 18.9 Å². The van der Waals surface area contributed by atoms with Crippen molar-refractivity contribution in [1.29, 1.82) is 0 Å². The summed E-state index contributed by atoms with van der Waals surface area (Å²) in [7, 11) is 1.53. The van der Waals surface area contributed by atoms with E-state index in [2.05, 4.69) is 20.7 Å². The van der Waals surface area contributed by atoms with Crippen LogP contribution in [0.2, 0.25) is 0 Å². The number of nitrogens with zero attached hydrogens (tertiary/aromatic N) is 3. The number of benzene rings is 2. The molecule has 180 valence electrons. The molecule has 11 heteroatoms. The van der Waals surface area contributed by atoms with Gasteiger partial charge in [-0.15, -0.1) is 0 Å². The number of nitrogens with one attached hydrogen (secondary N) is 2. The first-order valence-corrected chi connectivity index (χ1v) is 10.5. The molecule has 2 N–H and O–H groups in total. The van der Waals surface area contributed by atoms with Gasteiger partial charge in [-0.3, -0.25) is 9.59 Å². The molecule has 2 heterocycles. The van der Waals surface area contributed by atoms with E-state index in [9.17, 15) is 22.8 Å². The zero-order chi connectivity index (χ0) is 25.0. The van der Waals surface area contributed by atoms with Crippen LogP contribution in [0.5, 0.6) is 0 Å². The number of halogens is 3. The van der Waals surface area contributed by atoms with Crippen LogP contribution in [0, 0.1) is 0 Å². The zero-order valence-corrected chi connectivity index (χ0v) is 18.5. The molecule has 0 atom stereocenters. The average molecular weight is 483 g/mol. The van der Waals surface area contributed by atoms with Crippen LogP contribution in [-0.2, 0) is 10.9 Å². The summed E-state index contributed by atoms with van der Waals surface area (Å²) >= 11 is 0. The topological polar surface area (TPSA) is 97.6 Å². The Morgan fingerprint density at radius 2 is 1.86 bits per heavy atom. The summed E-state index contributed by atoms with van der Waals surface area (Å²) in [6, 6.07) is 12.6. The van der Waals surface area contributed by atoms with E-state index in [0.29, 0.717) is 35.7 Å². The highest BCUT2D eigenvalue weighted by Crippen LogP contribution is 2.30. The van der Waals surface area contributed by atoms with Gasteiger partial charge in [-0.25, -0.2) is 9.50 Å². The summed E-state index contributed by atoms with van der Waals surface area (Å²) in [5.41, 5.74) is 1.23. The Kier molecular flexibility index (Phi) is 6.78. The number of fused-ring (bicyclic) bond motifs is 1. The summed E-state index contributed by atoms with van der Waals surface area (Å²) in [6.07, 6.45) is -1.61. The average Bonchev–Trinajstić information content (AvgIpc) is 3.28. The number of alkyl halides is 3. The van der Waals surface area contributed by atoms with Gasteiger partial charge in [-0.05, 0) is 36.4 Å².